The lowest BCUT2D eigenvalue weighted by molar-refractivity contribution is -0.137. The number of alkyl halides is 3. The van der Waals surface area contributed by atoms with E-state index < -0.39 is 11.7 Å². The van der Waals surface area contributed by atoms with Gasteiger partial charge in [-0.3, -0.25) is 4.98 Å². The normalized spacial score (nSPS) is 11.3. The number of ether oxygens (including phenoxy) is 1. The second kappa shape index (κ2) is 8.81. The van der Waals surface area contributed by atoms with Crippen LogP contribution in [0.5, 0.6) is 5.75 Å². The number of aryl methyl sites for hydroxylation is 2. The van der Waals surface area contributed by atoms with Gasteiger partial charge in [0.1, 0.15) is 5.75 Å². The van der Waals surface area contributed by atoms with Crippen molar-refractivity contribution in [2.45, 2.75) is 13.1 Å². The second-order valence-electron chi connectivity index (χ2n) is 7.31. The third-order valence-electron chi connectivity index (χ3n) is 4.87. The van der Waals surface area contributed by atoms with Crippen molar-refractivity contribution in [1.29, 1.82) is 0 Å². The number of benzene rings is 2. The van der Waals surface area contributed by atoms with Crippen LogP contribution in [-0.2, 0) is 13.2 Å². The molecule has 0 bridgehead atoms. The molecule has 2 aromatic carbocycles. The molecule has 2 heterocycles. The zero-order chi connectivity index (χ0) is 23.6. The molecule has 4 aromatic rings. The van der Waals surface area contributed by atoms with E-state index in [1.165, 1.54) is 16.8 Å². The Morgan fingerprint density at radius 3 is 2.48 bits per heavy atom. The van der Waals surface area contributed by atoms with E-state index in [1.807, 2.05) is 37.3 Å². The van der Waals surface area contributed by atoms with Crippen LogP contribution in [0.15, 0.2) is 60.8 Å². The quantitative estimate of drug-likeness (QED) is 0.389. The maximum atomic E-state index is 13.0. The van der Waals surface area contributed by atoms with E-state index in [0.717, 1.165) is 29.0 Å². The van der Waals surface area contributed by atoms with Crippen LogP contribution in [0.2, 0.25) is 0 Å². The number of hydrogen-bond acceptors (Lipinski definition) is 6. The van der Waals surface area contributed by atoms with E-state index in [0.29, 0.717) is 11.4 Å². The van der Waals surface area contributed by atoms with Crippen LogP contribution in [0.3, 0.4) is 0 Å². The van der Waals surface area contributed by atoms with E-state index in [-0.39, 0.29) is 17.6 Å². The average Bonchev–Trinajstić information content (AvgIpc) is 3.11. The standard InChI is InChI=1S/C23H21F3N6O/c1-14-11-15(9-10-27-14)19-8-7-18(13-20(19)33-3)28-21-30-22(32(2)31-21)29-17-6-4-5-16(12-17)23(24,25)26/h4-13H,1-3H3,(H2,28,29,30,31). The Kier molecular flexibility index (Phi) is 5.91. The molecule has 0 saturated carbocycles. The van der Waals surface area contributed by atoms with Gasteiger partial charge in [-0.25, -0.2) is 4.68 Å². The molecule has 2 aromatic heterocycles. The number of rotatable bonds is 6. The summed E-state index contributed by atoms with van der Waals surface area (Å²) in [7, 11) is 3.23. The molecule has 0 aliphatic heterocycles. The van der Waals surface area contributed by atoms with Crippen LogP contribution in [-0.4, -0.2) is 26.9 Å². The molecular weight excluding hydrogens is 433 g/mol. The average molecular weight is 454 g/mol. The minimum atomic E-state index is -4.43. The van der Waals surface area contributed by atoms with Gasteiger partial charge in [0.05, 0.1) is 12.7 Å². The SMILES string of the molecule is COc1cc(Nc2nc(Nc3cccc(C(F)(F)F)c3)n(C)n2)ccc1-c1ccnc(C)c1. The van der Waals surface area contributed by atoms with Gasteiger partial charge in [-0.2, -0.15) is 18.2 Å². The van der Waals surface area contributed by atoms with Crippen LogP contribution < -0.4 is 15.4 Å². The van der Waals surface area contributed by atoms with E-state index in [2.05, 4.69) is 25.7 Å². The molecule has 0 amide bonds. The number of methoxy groups -OCH3 is 1. The fourth-order valence-electron chi connectivity index (χ4n) is 3.30. The highest BCUT2D eigenvalue weighted by Crippen LogP contribution is 2.34. The van der Waals surface area contributed by atoms with Crippen LogP contribution in [0.1, 0.15) is 11.3 Å². The number of pyridine rings is 1. The Hall–Kier alpha value is -4.08. The van der Waals surface area contributed by atoms with Gasteiger partial charge < -0.3 is 15.4 Å². The maximum absolute atomic E-state index is 13.0. The highest BCUT2D eigenvalue weighted by atomic mass is 19.4. The second-order valence-corrected chi connectivity index (χ2v) is 7.31. The first-order valence-corrected chi connectivity index (χ1v) is 9.96. The Balaban J connectivity index is 1.54. The summed E-state index contributed by atoms with van der Waals surface area (Å²) in [4.78, 5) is 8.56. The van der Waals surface area contributed by atoms with Crippen LogP contribution in [0.4, 0.5) is 36.4 Å². The molecule has 0 atom stereocenters. The number of anilines is 4. The topological polar surface area (TPSA) is 76.9 Å². The lowest BCUT2D eigenvalue weighted by atomic mass is 10.0. The zero-order valence-electron chi connectivity index (χ0n) is 18.1. The van der Waals surface area contributed by atoms with Crippen molar-refractivity contribution in [1.82, 2.24) is 19.7 Å². The molecule has 0 radical (unpaired) electrons. The molecule has 170 valence electrons. The lowest BCUT2D eigenvalue weighted by Crippen LogP contribution is -2.06. The fraction of sp³-hybridized carbons (Fsp3) is 0.174. The molecule has 0 aliphatic carbocycles. The number of nitrogens with zero attached hydrogens (tertiary/aromatic N) is 4. The van der Waals surface area contributed by atoms with Crippen molar-refractivity contribution < 1.29 is 17.9 Å². The van der Waals surface area contributed by atoms with Gasteiger partial charge in [-0.15, -0.1) is 5.10 Å². The Morgan fingerprint density at radius 2 is 1.76 bits per heavy atom. The van der Waals surface area contributed by atoms with Gasteiger partial charge in [0.15, 0.2) is 0 Å². The summed E-state index contributed by atoms with van der Waals surface area (Å²) in [6.45, 7) is 1.92. The monoisotopic (exact) mass is 454 g/mol. The summed E-state index contributed by atoms with van der Waals surface area (Å²) in [5.74, 6) is 1.22. The molecule has 0 fully saturated rings. The largest absolute Gasteiger partial charge is 0.496 e. The third kappa shape index (κ3) is 5.05. The lowest BCUT2D eigenvalue weighted by Gasteiger charge is -2.11. The van der Waals surface area contributed by atoms with Crippen LogP contribution >= 0.6 is 0 Å². The van der Waals surface area contributed by atoms with Gasteiger partial charge in [-0.05, 0) is 55.0 Å². The Labute approximate surface area is 188 Å². The first kappa shape index (κ1) is 22.1. The fourth-order valence-corrected chi connectivity index (χ4v) is 3.30. The molecule has 2 N–H and O–H groups in total. The molecule has 7 nitrogen and oxygen atoms in total. The summed E-state index contributed by atoms with van der Waals surface area (Å²) >= 11 is 0. The molecule has 0 aliphatic rings. The Morgan fingerprint density at radius 1 is 0.970 bits per heavy atom. The van der Waals surface area contributed by atoms with Gasteiger partial charge in [-0.1, -0.05) is 6.07 Å². The summed E-state index contributed by atoms with van der Waals surface area (Å²) in [6, 6.07) is 14.4. The van der Waals surface area contributed by atoms with Crippen molar-refractivity contribution >= 4 is 23.3 Å². The predicted molar refractivity (Wildman–Crippen MR) is 120 cm³/mol. The minimum Gasteiger partial charge on any atom is -0.496 e. The summed E-state index contributed by atoms with van der Waals surface area (Å²) in [6.07, 6.45) is -2.68. The third-order valence-corrected chi connectivity index (χ3v) is 4.87. The van der Waals surface area contributed by atoms with Crippen molar-refractivity contribution in [3.63, 3.8) is 0 Å². The molecule has 0 saturated heterocycles. The van der Waals surface area contributed by atoms with Gasteiger partial charge in [0.25, 0.3) is 0 Å². The minimum absolute atomic E-state index is 0.255. The van der Waals surface area contributed by atoms with Gasteiger partial charge in [0.2, 0.25) is 11.9 Å². The molecular formula is C23H21F3N6O. The van der Waals surface area contributed by atoms with E-state index in [1.54, 1.807) is 20.4 Å². The molecule has 0 unspecified atom stereocenters. The highest BCUT2D eigenvalue weighted by Gasteiger charge is 2.30. The van der Waals surface area contributed by atoms with Crippen molar-refractivity contribution in [2.24, 2.45) is 7.05 Å². The van der Waals surface area contributed by atoms with Crippen molar-refractivity contribution in [2.75, 3.05) is 17.7 Å². The molecule has 10 heteroatoms. The first-order valence-electron chi connectivity index (χ1n) is 9.96. The van der Waals surface area contributed by atoms with E-state index in [9.17, 15) is 13.2 Å². The van der Waals surface area contributed by atoms with Gasteiger partial charge >= 0.3 is 6.18 Å². The number of nitrogens with one attached hydrogen (secondary N) is 2. The van der Waals surface area contributed by atoms with Crippen LogP contribution in [0, 0.1) is 6.92 Å². The Bertz CT molecular complexity index is 1290. The first-order chi connectivity index (χ1) is 15.7. The van der Waals surface area contributed by atoms with Crippen LogP contribution in [0.25, 0.3) is 11.1 Å². The predicted octanol–water partition coefficient (Wildman–Crippen LogP) is 5.70. The molecule has 33 heavy (non-hydrogen) atoms. The zero-order valence-corrected chi connectivity index (χ0v) is 18.1. The van der Waals surface area contributed by atoms with E-state index >= 15 is 0 Å². The van der Waals surface area contributed by atoms with E-state index in [4.69, 9.17) is 4.74 Å². The summed E-state index contributed by atoms with van der Waals surface area (Å²) in [5, 5.41) is 10.2. The maximum Gasteiger partial charge on any atom is 0.416 e. The summed E-state index contributed by atoms with van der Waals surface area (Å²) in [5.41, 5.74) is 2.99. The van der Waals surface area contributed by atoms with Crippen molar-refractivity contribution in [3.05, 3.63) is 72.1 Å². The van der Waals surface area contributed by atoms with Gasteiger partial charge in [0, 0.05) is 41.9 Å². The molecule has 4 rings (SSSR count). The molecule has 0 spiro atoms. The number of halogens is 3. The highest BCUT2D eigenvalue weighted by molar-refractivity contribution is 5.74. The van der Waals surface area contributed by atoms with Crippen molar-refractivity contribution in [3.8, 4) is 16.9 Å². The smallest absolute Gasteiger partial charge is 0.416 e. The summed E-state index contributed by atoms with van der Waals surface area (Å²) < 4.78 is 45.9. The number of aromatic nitrogens is 4. The number of hydrogen-bond donors (Lipinski definition) is 2.